The third-order valence-corrected chi connectivity index (χ3v) is 5.83. The lowest BCUT2D eigenvalue weighted by molar-refractivity contribution is -0.115. The van der Waals surface area contributed by atoms with Crippen LogP contribution in [-0.2, 0) is 4.79 Å². The predicted molar refractivity (Wildman–Crippen MR) is 122 cm³/mol. The summed E-state index contributed by atoms with van der Waals surface area (Å²) in [6.07, 6.45) is 1.85. The van der Waals surface area contributed by atoms with Gasteiger partial charge in [0.05, 0.1) is 4.91 Å². The van der Waals surface area contributed by atoms with Crippen LogP contribution >= 0.6 is 11.8 Å². The van der Waals surface area contributed by atoms with E-state index in [1.54, 1.807) is 24.3 Å². The quantitative estimate of drug-likeness (QED) is 0.625. The van der Waals surface area contributed by atoms with Gasteiger partial charge in [-0.2, -0.15) is 4.99 Å². The smallest absolute Gasteiger partial charge is 0.279 e. The molecule has 3 aromatic rings. The van der Waals surface area contributed by atoms with Crippen LogP contribution in [0.5, 0.6) is 0 Å². The minimum Gasteiger partial charge on any atom is -0.318 e. The summed E-state index contributed by atoms with van der Waals surface area (Å²) in [5.74, 6) is -0.628. The second-order valence-corrected chi connectivity index (χ2v) is 8.18. The zero-order valence-electron chi connectivity index (χ0n) is 17.0. The topological polar surface area (TPSA) is 63.5 Å². The van der Waals surface area contributed by atoms with Crippen molar-refractivity contribution >= 4 is 34.8 Å². The Morgan fingerprint density at radius 1 is 1.03 bits per heavy atom. The highest BCUT2D eigenvalue weighted by atomic mass is 32.2. The number of carbonyl (C=O) groups is 2. The first-order valence-corrected chi connectivity index (χ1v) is 10.4. The zero-order valence-corrected chi connectivity index (χ0v) is 17.8. The summed E-state index contributed by atoms with van der Waals surface area (Å²) in [4.78, 5) is 29.3. The van der Waals surface area contributed by atoms with Gasteiger partial charge in [-0.25, -0.2) is 0 Å². The first kappa shape index (κ1) is 19.9. The van der Waals surface area contributed by atoms with Gasteiger partial charge in [-0.15, -0.1) is 0 Å². The van der Waals surface area contributed by atoms with Crippen LogP contribution in [0, 0.1) is 20.8 Å². The molecule has 1 aliphatic heterocycles. The Labute approximate surface area is 179 Å². The van der Waals surface area contributed by atoms with Gasteiger partial charge in [0.15, 0.2) is 5.17 Å². The number of benzene rings is 2. The van der Waals surface area contributed by atoms with E-state index >= 15 is 0 Å². The lowest BCUT2D eigenvalue weighted by atomic mass is 10.2. The Bertz CT molecular complexity index is 1190. The highest BCUT2D eigenvalue weighted by molar-refractivity contribution is 8.18. The fourth-order valence-electron chi connectivity index (χ4n) is 3.38. The van der Waals surface area contributed by atoms with Crippen LogP contribution in [0.1, 0.15) is 32.9 Å². The molecule has 0 unspecified atom stereocenters. The molecule has 2 amide bonds. The molecule has 6 heteroatoms. The van der Waals surface area contributed by atoms with Crippen LogP contribution in [0.25, 0.3) is 11.8 Å². The maximum atomic E-state index is 12.4. The van der Waals surface area contributed by atoms with Crippen molar-refractivity contribution in [3.63, 3.8) is 0 Å². The number of carbonyl (C=O) groups excluding carboxylic acids is 2. The molecular weight excluding hydrogens is 394 g/mol. The number of aromatic nitrogens is 1. The molecule has 2 heterocycles. The first-order chi connectivity index (χ1) is 14.4. The Hall–Kier alpha value is -3.38. The molecular formula is C24H21N3O2S. The van der Waals surface area contributed by atoms with Crippen molar-refractivity contribution in [1.29, 1.82) is 0 Å². The molecule has 0 bridgehead atoms. The molecule has 0 aliphatic carbocycles. The highest BCUT2D eigenvalue weighted by Crippen LogP contribution is 2.29. The van der Waals surface area contributed by atoms with E-state index in [1.807, 2.05) is 26.0 Å². The molecule has 0 spiro atoms. The summed E-state index contributed by atoms with van der Waals surface area (Å²) in [7, 11) is 0. The predicted octanol–water partition coefficient (Wildman–Crippen LogP) is 4.80. The van der Waals surface area contributed by atoms with Gasteiger partial charge in [0.25, 0.3) is 11.8 Å². The lowest BCUT2D eigenvalue weighted by Gasteiger charge is -2.10. The number of amides is 2. The van der Waals surface area contributed by atoms with E-state index in [0.29, 0.717) is 15.6 Å². The summed E-state index contributed by atoms with van der Waals surface area (Å²) in [6, 6.07) is 19.2. The number of aliphatic imine (C=N–C) groups is 1. The van der Waals surface area contributed by atoms with E-state index in [1.165, 1.54) is 17.3 Å². The van der Waals surface area contributed by atoms with Gasteiger partial charge >= 0.3 is 0 Å². The van der Waals surface area contributed by atoms with E-state index in [9.17, 15) is 9.59 Å². The average molecular weight is 416 g/mol. The summed E-state index contributed by atoms with van der Waals surface area (Å²) >= 11 is 1.18. The van der Waals surface area contributed by atoms with E-state index in [-0.39, 0.29) is 11.8 Å². The number of thioether (sulfide) groups is 1. The molecule has 1 fully saturated rings. The first-order valence-electron chi connectivity index (χ1n) is 9.57. The Balaban J connectivity index is 1.60. The molecule has 1 aliphatic rings. The number of nitrogens with zero attached hydrogens (tertiary/aromatic N) is 2. The summed E-state index contributed by atoms with van der Waals surface area (Å²) in [5, 5.41) is 2.98. The third kappa shape index (κ3) is 4.00. The monoisotopic (exact) mass is 415 g/mol. The van der Waals surface area contributed by atoms with Crippen molar-refractivity contribution in [2.45, 2.75) is 20.8 Å². The van der Waals surface area contributed by atoms with Crippen molar-refractivity contribution in [1.82, 2.24) is 9.88 Å². The molecule has 1 saturated heterocycles. The summed E-state index contributed by atoms with van der Waals surface area (Å²) < 4.78 is 2.16. The van der Waals surface area contributed by atoms with Gasteiger partial charge in [0, 0.05) is 22.6 Å². The van der Waals surface area contributed by atoms with Gasteiger partial charge in [0.1, 0.15) is 0 Å². The second-order valence-electron chi connectivity index (χ2n) is 7.15. The minimum absolute atomic E-state index is 0.250. The normalized spacial score (nSPS) is 16.3. The molecule has 1 aromatic heterocycles. The van der Waals surface area contributed by atoms with Crippen molar-refractivity contribution < 1.29 is 9.59 Å². The maximum absolute atomic E-state index is 12.4. The van der Waals surface area contributed by atoms with Crippen molar-refractivity contribution in [3.8, 4) is 5.69 Å². The Morgan fingerprint density at radius 3 is 2.43 bits per heavy atom. The number of rotatable bonds is 3. The SMILES string of the molecule is Cc1ccc(-n2c(C)cc(/C=C3\SC(=NC(=O)c4ccccc4)NC3=O)c2C)cc1. The second kappa shape index (κ2) is 8.16. The van der Waals surface area contributed by atoms with E-state index in [0.717, 1.165) is 22.6 Å². The van der Waals surface area contributed by atoms with Gasteiger partial charge in [-0.3, -0.25) is 9.59 Å². The van der Waals surface area contributed by atoms with Crippen LogP contribution in [0.4, 0.5) is 0 Å². The average Bonchev–Trinajstić information content (AvgIpc) is 3.21. The Morgan fingerprint density at radius 2 is 1.73 bits per heavy atom. The molecule has 5 nitrogen and oxygen atoms in total. The minimum atomic E-state index is -0.378. The number of hydrogen-bond acceptors (Lipinski definition) is 3. The van der Waals surface area contributed by atoms with Crippen molar-refractivity contribution in [2.24, 2.45) is 4.99 Å². The molecule has 2 aromatic carbocycles. The third-order valence-electron chi connectivity index (χ3n) is 4.92. The van der Waals surface area contributed by atoms with E-state index in [4.69, 9.17) is 0 Å². The van der Waals surface area contributed by atoms with Gasteiger partial charge in [0.2, 0.25) is 0 Å². The molecule has 30 heavy (non-hydrogen) atoms. The van der Waals surface area contributed by atoms with E-state index < -0.39 is 0 Å². The Kier molecular flexibility index (Phi) is 5.42. The van der Waals surface area contributed by atoms with Gasteiger partial charge in [-0.05, 0) is 74.5 Å². The molecule has 4 rings (SSSR count). The molecule has 0 radical (unpaired) electrons. The van der Waals surface area contributed by atoms with Crippen LogP contribution in [0.2, 0.25) is 0 Å². The summed E-state index contributed by atoms with van der Waals surface area (Å²) in [5.41, 5.74) is 5.86. The number of hydrogen-bond donors (Lipinski definition) is 1. The number of amidine groups is 1. The molecule has 0 saturated carbocycles. The highest BCUT2D eigenvalue weighted by Gasteiger charge is 2.25. The van der Waals surface area contributed by atoms with Crippen LogP contribution in [0.15, 0.2) is 70.6 Å². The van der Waals surface area contributed by atoms with Gasteiger partial charge in [-0.1, -0.05) is 35.9 Å². The van der Waals surface area contributed by atoms with Crippen molar-refractivity contribution in [3.05, 3.63) is 93.6 Å². The standard InChI is InChI=1S/C24H21N3O2S/c1-15-9-11-20(12-10-15)27-16(2)13-19(17(27)3)14-21-23(29)26-24(30-21)25-22(28)18-7-5-4-6-8-18/h4-14H,1-3H3,(H,25,26,28,29)/b21-14-. The number of aryl methyl sites for hydroxylation is 2. The largest absolute Gasteiger partial charge is 0.318 e. The van der Waals surface area contributed by atoms with E-state index in [2.05, 4.69) is 52.1 Å². The van der Waals surface area contributed by atoms with Crippen LogP contribution in [0.3, 0.4) is 0 Å². The fraction of sp³-hybridized carbons (Fsp3) is 0.125. The zero-order chi connectivity index (χ0) is 21.3. The fourth-order valence-corrected chi connectivity index (χ4v) is 4.19. The van der Waals surface area contributed by atoms with Crippen LogP contribution < -0.4 is 5.32 Å². The van der Waals surface area contributed by atoms with Crippen LogP contribution in [-0.4, -0.2) is 21.5 Å². The molecule has 0 atom stereocenters. The lowest BCUT2D eigenvalue weighted by Crippen LogP contribution is -2.20. The molecule has 1 N–H and O–H groups in total. The van der Waals surface area contributed by atoms with Gasteiger partial charge < -0.3 is 9.88 Å². The summed E-state index contributed by atoms with van der Waals surface area (Å²) in [6.45, 7) is 6.14. The number of nitrogens with one attached hydrogen (secondary N) is 1. The molecule has 150 valence electrons. The maximum Gasteiger partial charge on any atom is 0.279 e. The van der Waals surface area contributed by atoms with Crippen molar-refractivity contribution in [2.75, 3.05) is 0 Å².